The second kappa shape index (κ2) is 24.4. The molecule has 3 heteroatoms. The predicted octanol–water partition coefficient (Wildman–Crippen LogP) is 1.92. The van der Waals surface area contributed by atoms with E-state index in [2.05, 4.69) is 6.58 Å². The van der Waals surface area contributed by atoms with Crippen molar-refractivity contribution in [3.8, 4) is 0 Å². The molecule has 0 heterocycles. The third-order valence-electron chi connectivity index (χ3n) is 1.36. The molecule has 0 amide bonds. The number of hydrogen-bond donors (Lipinski definition) is 0. The van der Waals surface area contributed by atoms with Crippen molar-refractivity contribution >= 4 is 0 Å². The van der Waals surface area contributed by atoms with Crippen LogP contribution in [0.5, 0.6) is 0 Å². The second-order valence-electron chi connectivity index (χ2n) is 3.30. The summed E-state index contributed by atoms with van der Waals surface area (Å²) in [4.78, 5) is 0. The van der Waals surface area contributed by atoms with Crippen molar-refractivity contribution in [3.63, 3.8) is 0 Å². The molecular weight excluding hydrogens is 236 g/mol. The zero-order valence-electron chi connectivity index (χ0n) is 10.9. The van der Waals surface area contributed by atoms with Gasteiger partial charge in [0.05, 0.1) is 0 Å². The fraction of sp³-hybridized carbons (Fsp3) is 0.692. The predicted molar refractivity (Wildman–Crippen MR) is 63.5 cm³/mol. The molecular formula is C13H25O2Ti. The summed E-state index contributed by atoms with van der Waals surface area (Å²) in [5, 5.41) is 19.1. The summed E-state index contributed by atoms with van der Waals surface area (Å²) in [6.45, 7) is 9.84. The van der Waals surface area contributed by atoms with Crippen LogP contribution >= 0.6 is 0 Å². The van der Waals surface area contributed by atoms with Crippen molar-refractivity contribution in [2.45, 2.75) is 46.5 Å². The standard InChI is InChI=1S/C5H7.2C4H9O.Ti/c1-4-5(2)3;2*1-2-3-4-5;/h1,4H,2H2,3H3;2*2-4H2,1H3;/q;2*-1;+2. The van der Waals surface area contributed by atoms with Gasteiger partial charge >= 0.3 is 50.0 Å². The van der Waals surface area contributed by atoms with Gasteiger partial charge in [-0.1, -0.05) is 39.5 Å². The maximum absolute atomic E-state index is 9.53. The van der Waals surface area contributed by atoms with Gasteiger partial charge < -0.3 is 10.2 Å². The Morgan fingerprint density at radius 3 is 1.50 bits per heavy atom. The fourth-order valence-electron chi connectivity index (χ4n) is 0.431. The summed E-state index contributed by atoms with van der Waals surface area (Å²) >= 11 is 1.98. The van der Waals surface area contributed by atoms with E-state index in [0.29, 0.717) is 0 Å². The monoisotopic (exact) mass is 261 g/mol. The maximum Gasteiger partial charge on any atom is -0.0575 e. The Hall–Kier alpha value is 0.114. The maximum atomic E-state index is 9.53. The molecule has 16 heavy (non-hydrogen) atoms. The molecule has 93 valence electrons. The molecule has 0 aromatic carbocycles. The topological polar surface area (TPSA) is 46.1 Å². The van der Waals surface area contributed by atoms with Crippen LogP contribution in [0.1, 0.15) is 46.5 Å². The third-order valence-corrected chi connectivity index (χ3v) is 1.62. The SMILES string of the molecule is C=C(C)C=[CH][Ti+2].CCCC[O-].CCCC[O-]. The first-order valence-corrected chi connectivity index (χ1v) is 6.66. The van der Waals surface area contributed by atoms with Crippen LogP contribution in [0.3, 0.4) is 0 Å². The zero-order chi connectivity index (χ0) is 13.2. The zero-order valence-corrected chi connectivity index (χ0v) is 12.5. The quantitative estimate of drug-likeness (QED) is 0.560. The van der Waals surface area contributed by atoms with E-state index in [1.165, 1.54) is 0 Å². The van der Waals surface area contributed by atoms with Crippen molar-refractivity contribution < 1.29 is 30.6 Å². The molecule has 0 aliphatic carbocycles. The molecule has 0 saturated carbocycles. The number of unbranched alkanes of at least 4 members (excludes halogenated alkanes) is 2. The van der Waals surface area contributed by atoms with Gasteiger partial charge in [0.15, 0.2) is 0 Å². The molecule has 0 aromatic rings. The minimum Gasteiger partial charge on any atom is -0.854 e. The molecule has 0 spiro atoms. The van der Waals surface area contributed by atoms with Gasteiger partial charge in [0.25, 0.3) is 0 Å². The van der Waals surface area contributed by atoms with Gasteiger partial charge in [-0.2, -0.15) is 0 Å². The molecule has 0 unspecified atom stereocenters. The molecule has 0 aliphatic rings. The van der Waals surface area contributed by atoms with E-state index in [1.807, 2.05) is 51.7 Å². The van der Waals surface area contributed by atoms with Crippen LogP contribution in [0.4, 0.5) is 0 Å². The van der Waals surface area contributed by atoms with Crippen LogP contribution in [0.2, 0.25) is 0 Å². The van der Waals surface area contributed by atoms with Gasteiger partial charge in [0.2, 0.25) is 0 Å². The van der Waals surface area contributed by atoms with Gasteiger partial charge in [0.1, 0.15) is 0 Å². The summed E-state index contributed by atoms with van der Waals surface area (Å²) < 4.78 is 1.97. The van der Waals surface area contributed by atoms with Crippen molar-refractivity contribution in [2.75, 3.05) is 13.2 Å². The fourth-order valence-corrected chi connectivity index (χ4v) is 0.875. The second-order valence-corrected chi connectivity index (χ2v) is 3.82. The van der Waals surface area contributed by atoms with Crippen molar-refractivity contribution in [2.24, 2.45) is 0 Å². The largest absolute Gasteiger partial charge is 0.854 e. The first-order valence-electron chi connectivity index (χ1n) is 5.76. The summed E-state index contributed by atoms with van der Waals surface area (Å²) in [7, 11) is 0. The van der Waals surface area contributed by atoms with E-state index in [-0.39, 0.29) is 13.2 Å². The van der Waals surface area contributed by atoms with Crippen molar-refractivity contribution in [1.82, 2.24) is 0 Å². The molecule has 0 N–H and O–H groups in total. The van der Waals surface area contributed by atoms with Crippen LogP contribution in [-0.4, -0.2) is 13.2 Å². The number of rotatable bonds is 5. The molecule has 0 atom stereocenters. The third kappa shape index (κ3) is 48.0. The smallest absolute Gasteiger partial charge is 0.0575 e. The molecule has 0 saturated heterocycles. The summed E-state index contributed by atoms with van der Waals surface area (Å²) in [6, 6.07) is 0. The summed E-state index contributed by atoms with van der Waals surface area (Å²) in [5.74, 6) is 0. The van der Waals surface area contributed by atoms with Crippen LogP contribution in [0.25, 0.3) is 0 Å². The average Bonchev–Trinajstić information content (AvgIpc) is 2.21. The van der Waals surface area contributed by atoms with Crippen molar-refractivity contribution in [1.29, 1.82) is 0 Å². The van der Waals surface area contributed by atoms with E-state index in [1.54, 1.807) is 0 Å². The van der Waals surface area contributed by atoms with Crippen LogP contribution < -0.4 is 10.2 Å². The Labute approximate surface area is 113 Å². The van der Waals surface area contributed by atoms with Crippen LogP contribution in [0.15, 0.2) is 22.6 Å². The molecule has 0 fully saturated rings. The van der Waals surface area contributed by atoms with Crippen LogP contribution in [0, 0.1) is 0 Å². The van der Waals surface area contributed by atoms with Crippen molar-refractivity contribution in [3.05, 3.63) is 22.6 Å². The Balaban J connectivity index is -0.000000160. The average molecular weight is 261 g/mol. The van der Waals surface area contributed by atoms with E-state index in [4.69, 9.17) is 0 Å². The molecule has 2 nitrogen and oxygen atoms in total. The molecule has 0 aliphatic heterocycles. The molecule has 0 rings (SSSR count). The minimum absolute atomic E-state index is 0.0938. The van der Waals surface area contributed by atoms with Gasteiger partial charge in [-0.3, -0.25) is 0 Å². The van der Waals surface area contributed by atoms with E-state index in [0.717, 1.165) is 31.3 Å². The first-order chi connectivity index (χ1) is 7.60. The normalized spacial score (nSPS) is 8.94. The molecule has 0 radical (unpaired) electrons. The van der Waals surface area contributed by atoms with E-state index < -0.39 is 0 Å². The Morgan fingerprint density at radius 2 is 1.50 bits per heavy atom. The Bertz CT molecular complexity index is 135. The van der Waals surface area contributed by atoms with E-state index >= 15 is 0 Å². The summed E-state index contributed by atoms with van der Waals surface area (Å²) in [6.07, 6.45) is 5.70. The van der Waals surface area contributed by atoms with Gasteiger partial charge in [-0.05, 0) is 0 Å². The Morgan fingerprint density at radius 1 is 1.12 bits per heavy atom. The van der Waals surface area contributed by atoms with Gasteiger partial charge in [-0.15, -0.1) is 13.2 Å². The molecule has 0 bridgehead atoms. The number of hydrogen-bond acceptors (Lipinski definition) is 2. The van der Waals surface area contributed by atoms with E-state index in [9.17, 15) is 10.2 Å². The summed E-state index contributed by atoms with van der Waals surface area (Å²) in [5.41, 5.74) is 1.11. The first kappa shape index (κ1) is 21.4. The van der Waals surface area contributed by atoms with Gasteiger partial charge in [0, 0.05) is 0 Å². The molecule has 0 aromatic heterocycles. The Kier molecular flexibility index (Phi) is 32.6. The number of allylic oxidation sites excluding steroid dienone is 2. The van der Waals surface area contributed by atoms with Gasteiger partial charge in [-0.25, -0.2) is 0 Å². The minimum atomic E-state index is 0.0938. The van der Waals surface area contributed by atoms with Crippen LogP contribution in [-0.2, 0) is 20.4 Å².